The quantitative estimate of drug-likeness (QED) is 0.783. The van der Waals surface area contributed by atoms with Crippen LogP contribution in [0.15, 0.2) is 18.2 Å². The van der Waals surface area contributed by atoms with Crippen molar-refractivity contribution in [1.82, 2.24) is 5.32 Å². The second kappa shape index (κ2) is 6.99. The molecule has 0 aliphatic heterocycles. The molecule has 0 heterocycles. The summed E-state index contributed by atoms with van der Waals surface area (Å²) >= 11 is 0. The van der Waals surface area contributed by atoms with E-state index in [1.54, 1.807) is 0 Å². The molecule has 1 nitrogen and oxygen atoms in total. The summed E-state index contributed by atoms with van der Waals surface area (Å²) in [5.74, 6) is -0.0954. The van der Waals surface area contributed by atoms with Crippen LogP contribution in [0.4, 0.5) is 8.78 Å². The van der Waals surface area contributed by atoms with Crippen molar-refractivity contribution < 1.29 is 8.78 Å². The fourth-order valence-electron chi connectivity index (χ4n) is 2.11. The molecule has 1 unspecified atom stereocenters. The largest absolute Gasteiger partial charge is 0.316 e. The van der Waals surface area contributed by atoms with Gasteiger partial charge in [-0.3, -0.25) is 0 Å². The van der Waals surface area contributed by atoms with E-state index in [2.05, 4.69) is 33.0 Å². The maximum atomic E-state index is 13.7. The summed E-state index contributed by atoms with van der Waals surface area (Å²) in [4.78, 5) is 0. The Kier molecular flexibility index (Phi) is 5.92. The molecule has 19 heavy (non-hydrogen) atoms. The first-order valence-corrected chi connectivity index (χ1v) is 7.01. The van der Waals surface area contributed by atoms with E-state index in [4.69, 9.17) is 0 Å². The predicted molar refractivity (Wildman–Crippen MR) is 76.2 cm³/mol. The molecule has 0 amide bonds. The van der Waals surface area contributed by atoms with Crippen molar-refractivity contribution in [2.24, 2.45) is 11.3 Å². The molecule has 0 fully saturated rings. The molecule has 1 atom stereocenters. The van der Waals surface area contributed by atoms with Crippen LogP contribution in [0.5, 0.6) is 0 Å². The molecule has 0 bridgehead atoms. The van der Waals surface area contributed by atoms with E-state index >= 15 is 0 Å². The maximum Gasteiger partial charge on any atom is 0.126 e. The Hall–Kier alpha value is -0.960. The summed E-state index contributed by atoms with van der Waals surface area (Å²) in [7, 11) is 0. The zero-order valence-electron chi connectivity index (χ0n) is 12.4. The van der Waals surface area contributed by atoms with Gasteiger partial charge in [-0.1, -0.05) is 27.7 Å². The van der Waals surface area contributed by atoms with Gasteiger partial charge < -0.3 is 5.32 Å². The van der Waals surface area contributed by atoms with Crippen molar-refractivity contribution in [2.75, 3.05) is 13.1 Å². The number of hydrogen-bond acceptors (Lipinski definition) is 1. The highest BCUT2D eigenvalue weighted by molar-refractivity contribution is 5.20. The third-order valence-corrected chi connectivity index (χ3v) is 3.58. The smallest absolute Gasteiger partial charge is 0.126 e. The van der Waals surface area contributed by atoms with E-state index in [0.29, 0.717) is 17.9 Å². The highest BCUT2D eigenvalue weighted by Gasteiger charge is 2.24. The van der Waals surface area contributed by atoms with E-state index in [-0.39, 0.29) is 17.0 Å². The molecule has 0 aliphatic rings. The lowest BCUT2D eigenvalue weighted by Gasteiger charge is -2.29. The van der Waals surface area contributed by atoms with Gasteiger partial charge in [-0.25, -0.2) is 8.78 Å². The van der Waals surface area contributed by atoms with Crippen LogP contribution < -0.4 is 5.32 Å². The predicted octanol–water partition coefficient (Wildman–Crippen LogP) is 4.17. The molecule has 1 aromatic carbocycles. The van der Waals surface area contributed by atoms with Gasteiger partial charge in [0.15, 0.2) is 0 Å². The molecule has 0 aromatic heterocycles. The minimum Gasteiger partial charge on any atom is -0.316 e. The van der Waals surface area contributed by atoms with Crippen LogP contribution in [-0.2, 0) is 6.42 Å². The lowest BCUT2D eigenvalue weighted by Crippen LogP contribution is -2.35. The molecule has 0 aliphatic carbocycles. The molecular weight excluding hydrogens is 244 g/mol. The first-order valence-electron chi connectivity index (χ1n) is 7.01. The summed E-state index contributed by atoms with van der Waals surface area (Å²) < 4.78 is 26.9. The van der Waals surface area contributed by atoms with Gasteiger partial charge in [-0.05, 0) is 54.5 Å². The Morgan fingerprint density at radius 1 is 1.26 bits per heavy atom. The maximum absolute atomic E-state index is 13.7. The summed E-state index contributed by atoms with van der Waals surface area (Å²) in [6.07, 6.45) is 1.48. The van der Waals surface area contributed by atoms with Gasteiger partial charge in [0.05, 0.1) is 0 Å². The zero-order chi connectivity index (χ0) is 14.5. The lowest BCUT2D eigenvalue weighted by atomic mass is 9.81. The highest BCUT2D eigenvalue weighted by atomic mass is 19.1. The Labute approximate surface area is 115 Å². The minimum absolute atomic E-state index is 0.0521. The van der Waals surface area contributed by atoms with Crippen molar-refractivity contribution in [2.45, 2.75) is 40.5 Å². The fourth-order valence-corrected chi connectivity index (χ4v) is 2.11. The number of hydrogen-bond donors (Lipinski definition) is 1. The van der Waals surface area contributed by atoms with E-state index in [9.17, 15) is 8.78 Å². The lowest BCUT2D eigenvalue weighted by molar-refractivity contribution is 0.281. The van der Waals surface area contributed by atoms with Gasteiger partial charge in [0, 0.05) is 6.54 Å². The molecule has 1 aromatic rings. The first kappa shape index (κ1) is 16.1. The first-order chi connectivity index (χ1) is 8.86. The molecule has 0 saturated heterocycles. The van der Waals surface area contributed by atoms with E-state index in [0.717, 1.165) is 19.5 Å². The number of rotatable bonds is 7. The average Bonchev–Trinajstić information content (AvgIpc) is 2.33. The van der Waals surface area contributed by atoms with Crippen molar-refractivity contribution in [3.63, 3.8) is 0 Å². The van der Waals surface area contributed by atoms with Crippen molar-refractivity contribution >= 4 is 0 Å². The second-order valence-electron chi connectivity index (χ2n) is 6.10. The summed E-state index contributed by atoms with van der Waals surface area (Å²) in [6, 6.07) is 3.69. The highest BCUT2D eigenvalue weighted by Crippen LogP contribution is 2.27. The molecule has 0 radical (unpaired) electrons. The molecule has 108 valence electrons. The van der Waals surface area contributed by atoms with E-state index in [1.807, 2.05) is 0 Å². The van der Waals surface area contributed by atoms with Crippen molar-refractivity contribution in [3.8, 4) is 0 Å². The Morgan fingerprint density at radius 2 is 1.95 bits per heavy atom. The summed E-state index contributed by atoms with van der Waals surface area (Å²) in [6.45, 7) is 10.3. The topological polar surface area (TPSA) is 12.0 Å². The number of nitrogens with one attached hydrogen (secondary N) is 1. The normalized spacial score (nSPS) is 14.7. The minimum atomic E-state index is -0.370. The second-order valence-corrected chi connectivity index (χ2v) is 6.10. The van der Waals surface area contributed by atoms with Crippen LogP contribution in [0, 0.1) is 23.0 Å². The Bertz CT molecular complexity index is 404. The van der Waals surface area contributed by atoms with E-state index in [1.165, 1.54) is 18.2 Å². The van der Waals surface area contributed by atoms with Gasteiger partial charge in [0.2, 0.25) is 0 Å². The third-order valence-electron chi connectivity index (χ3n) is 3.58. The Morgan fingerprint density at radius 3 is 2.53 bits per heavy atom. The summed E-state index contributed by atoms with van der Waals surface area (Å²) in [5, 5.41) is 3.41. The zero-order valence-corrected chi connectivity index (χ0v) is 12.4. The monoisotopic (exact) mass is 269 g/mol. The molecule has 1 N–H and O–H groups in total. The SMILES string of the molecule is CCC(C)(CNCC(C)C)Cc1cc(F)ccc1F. The van der Waals surface area contributed by atoms with Gasteiger partial charge in [0.1, 0.15) is 11.6 Å². The van der Waals surface area contributed by atoms with Crippen LogP contribution in [0.1, 0.15) is 39.7 Å². The van der Waals surface area contributed by atoms with Gasteiger partial charge in [-0.2, -0.15) is 0 Å². The standard InChI is InChI=1S/C16H25F2N/c1-5-16(4,11-19-10-12(2)3)9-13-8-14(17)6-7-15(13)18/h6-8,12,19H,5,9-11H2,1-4H3. The molecular formula is C16H25F2N. The summed E-state index contributed by atoms with van der Waals surface area (Å²) in [5.41, 5.74) is 0.416. The van der Waals surface area contributed by atoms with Gasteiger partial charge >= 0.3 is 0 Å². The fraction of sp³-hybridized carbons (Fsp3) is 0.625. The van der Waals surface area contributed by atoms with Crippen LogP contribution in [-0.4, -0.2) is 13.1 Å². The average molecular weight is 269 g/mol. The number of halogens is 2. The number of benzene rings is 1. The van der Waals surface area contributed by atoms with Crippen LogP contribution in [0.25, 0.3) is 0 Å². The Balaban J connectivity index is 2.71. The van der Waals surface area contributed by atoms with Gasteiger partial charge in [0.25, 0.3) is 0 Å². The van der Waals surface area contributed by atoms with Crippen LogP contribution >= 0.6 is 0 Å². The van der Waals surface area contributed by atoms with Crippen LogP contribution in [0.3, 0.4) is 0 Å². The molecule has 3 heteroatoms. The third kappa shape index (κ3) is 5.27. The van der Waals surface area contributed by atoms with Crippen molar-refractivity contribution in [3.05, 3.63) is 35.4 Å². The molecule has 0 spiro atoms. The van der Waals surface area contributed by atoms with E-state index < -0.39 is 0 Å². The van der Waals surface area contributed by atoms with Crippen molar-refractivity contribution in [1.29, 1.82) is 0 Å². The van der Waals surface area contributed by atoms with Gasteiger partial charge in [-0.15, -0.1) is 0 Å². The molecule has 0 saturated carbocycles. The molecule has 1 rings (SSSR count). The van der Waals surface area contributed by atoms with Crippen LogP contribution in [0.2, 0.25) is 0 Å².